The van der Waals surface area contributed by atoms with Crippen LogP contribution in [0.5, 0.6) is 0 Å². The summed E-state index contributed by atoms with van der Waals surface area (Å²) >= 11 is 1.57. The monoisotopic (exact) mass is 352 g/mol. The number of carbonyl (C=O) groups is 2. The number of para-hydroxylation sites is 1. The maximum atomic E-state index is 12.8. The number of aryl methyl sites for hydroxylation is 1. The molecule has 1 aromatic carbocycles. The van der Waals surface area contributed by atoms with Crippen molar-refractivity contribution in [2.45, 2.75) is 6.92 Å². The number of aromatic nitrogens is 1. The minimum absolute atomic E-state index is 0.302. The first-order valence-corrected chi connectivity index (χ1v) is 8.42. The van der Waals surface area contributed by atoms with Gasteiger partial charge in [-0.05, 0) is 43.3 Å². The molecule has 0 radical (unpaired) electrons. The molecule has 25 heavy (non-hydrogen) atoms. The summed E-state index contributed by atoms with van der Waals surface area (Å²) in [7, 11) is 1.30. The summed E-state index contributed by atoms with van der Waals surface area (Å²) in [4.78, 5) is 31.1. The van der Waals surface area contributed by atoms with Crippen molar-refractivity contribution in [3.63, 3.8) is 0 Å². The van der Waals surface area contributed by atoms with Crippen molar-refractivity contribution >= 4 is 28.9 Å². The molecular formula is C19H16N2O3S. The van der Waals surface area contributed by atoms with Gasteiger partial charge in [-0.25, -0.2) is 4.79 Å². The fraction of sp³-hybridized carbons (Fsp3) is 0.105. The van der Waals surface area contributed by atoms with Crippen LogP contribution in [0.25, 0.3) is 10.6 Å². The molecule has 5 nitrogen and oxygen atoms in total. The molecule has 0 bridgehead atoms. The van der Waals surface area contributed by atoms with Crippen molar-refractivity contribution < 1.29 is 14.3 Å². The van der Waals surface area contributed by atoms with Crippen LogP contribution in [-0.2, 0) is 4.74 Å². The average molecular weight is 352 g/mol. The number of rotatable bonds is 4. The van der Waals surface area contributed by atoms with Gasteiger partial charge >= 0.3 is 5.97 Å². The van der Waals surface area contributed by atoms with Gasteiger partial charge in [0.1, 0.15) is 0 Å². The van der Waals surface area contributed by atoms with E-state index in [9.17, 15) is 9.59 Å². The zero-order valence-corrected chi connectivity index (χ0v) is 14.6. The number of esters is 1. The quantitative estimate of drug-likeness (QED) is 0.716. The Bertz CT molecular complexity index is 934. The zero-order valence-electron chi connectivity index (χ0n) is 13.8. The van der Waals surface area contributed by atoms with Gasteiger partial charge in [-0.1, -0.05) is 12.1 Å². The van der Waals surface area contributed by atoms with E-state index in [2.05, 4.69) is 10.3 Å². The highest BCUT2D eigenvalue weighted by atomic mass is 32.1. The zero-order chi connectivity index (χ0) is 17.8. The highest BCUT2D eigenvalue weighted by Gasteiger charge is 2.18. The van der Waals surface area contributed by atoms with Crippen LogP contribution in [-0.4, -0.2) is 24.0 Å². The molecule has 1 amide bonds. The predicted molar refractivity (Wildman–Crippen MR) is 98.0 cm³/mol. The van der Waals surface area contributed by atoms with Crippen molar-refractivity contribution in [3.05, 3.63) is 70.7 Å². The molecule has 6 heteroatoms. The van der Waals surface area contributed by atoms with Crippen molar-refractivity contribution in [2.75, 3.05) is 12.4 Å². The molecule has 2 aromatic heterocycles. The standard InChI is InChI=1S/C19H16N2O3S/c1-12-9-10-16(25-12)17-14(7-5-11-20-17)18(22)21-15-8-4-3-6-13(15)19(23)24-2/h3-11H,1-2H3,(H,21,22). The minimum atomic E-state index is -0.504. The van der Waals surface area contributed by atoms with E-state index in [0.29, 0.717) is 22.5 Å². The highest BCUT2D eigenvalue weighted by molar-refractivity contribution is 7.15. The normalized spacial score (nSPS) is 10.3. The first-order chi connectivity index (χ1) is 12.1. The number of hydrogen-bond acceptors (Lipinski definition) is 5. The fourth-order valence-corrected chi connectivity index (χ4v) is 3.29. The summed E-state index contributed by atoms with van der Waals surface area (Å²) in [5.74, 6) is -0.832. The summed E-state index contributed by atoms with van der Waals surface area (Å²) in [6.07, 6.45) is 1.66. The Morgan fingerprint density at radius 3 is 2.52 bits per heavy atom. The smallest absolute Gasteiger partial charge is 0.339 e. The number of anilines is 1. The molecule has 0 aliphatic heterocycles. The molecule has 126 valence electrons. The van der Waals surface area contributed by atoms with E-state index in [0.717, 1.165) is 9.75 Å². The molecular weight excluding hydrogens is 336 g/mol. The molecule has 0 unspecified atom stereocenters. The summed E-state index contributed by atoms with van der Waals surface area (Å²) < 4.78 is 4.76. The van der Waals surface area contributed by atoms with Gasteiger partial charge in [0.2, 0.25) is 0 Å². The molecule has 3 rings (SSSR count). The largest absolute Gasteiger partial charge is 0.465 e. The summed E-state index contributed by atoms with van der Waals surface area (Å²) in [5, 5.41) is 2.78. The van der Waals surface area contributed by atoms with E-state index in [1.165, 1.54) is 7.11 Å². The van der Waals surface area contributed by atoms with E-state index in [4.69, 9.17) is 4.74 Å². The number of amides is 1. The van der Waals surface area contributed by atoms with Crippen LogP contribution in [0.2, 0.25) is 0 Å². The Balaban J connectivity index is 1.95. The first kappa shape index (κ1) is 16.9. The number of ether oxygens (including phenoxy) is 1. The van der Waals surface area contributed by atoms with Crippen LogP contribution in [0, 0.1) is 6.92 Å². The van der Waals surface area contributed by atoms with Crippen molar-refractivity contribution in [2.24, 2.45) is 0 Å². The minimum Gasteiger partial charge on any atom is -0.465 e. The lowest BCUT2D eigenvalue weighted by molar-refractivity contribution is 0.0602. The number of nitrogens with one attached hydrogen (secondary N) is 1. The van der Waals surface area contributed by atoms with Gasteiger partial charge in [0.25, 0.3) is 5.91 Å². The molecule has 0 spiro atoms. The van der Waals surface area contributed by atoms with Crippen LogP contribution < -0.4 is 5.32 Å². The first-order valence-electron chi connectivity index (χ1n) is 7.60. The number of methoxy groups -OCH3 is 1. The van der Waals surface area contributed by atoms with Crippen LogP contribution >= 0.6 is 11.3 Å². The lowest BCUT2D eigenvalue weighted by Crippen LogP contribution is -2.16. The predicted octanol–water partition coefficient (Wildman–Crippen LogP) is 4.16. The molecule has 3 aromatic rings. The molecule has 0 fully saturated rings. The number of benzene rings is 1. The van der Waals surface area contributed by atoms with Gasteiger partial charge in [0.05, 0.1) is 34.5 Å². The van der Waals surface area contributed by atoms with Crippen molar-refractivity contribution in [1.82, 2.24) is 4.98 Å². The number of hydrogen-bond donors (Lipinski definition) is 1. The third-order valence-electron chi connectivity index (χ3n) is 3.61. The summed E-state index contributed by atoms with van der Waals surface area (Å²) in [5.41, 5.74) is 1.77. The van der Waals surface area contributed by atoms with Crippen LogP contribution in [0.15, 0.2) is 54.7 Å². The summed E-state index contributed by atoms with van der Waals surface area (Å²) in [6, 6.07) is 14.1. The number of nitrogens with zero attached hydrogens (tertiary/aromatic N) is 1. The fourth-order valence-electron chi connectivity index (χ4n) is 2.42. The molecule has 0 aliphatic carbocycles. The highest BCUT2D eigenvalue weighted by Crippen LogP contribution is 2.29. The maximum Gasteiger partial charge on any atom is 0.339 e. The SMILES string of the molecule is COC(=O)c1ccccc1NC(=O)c1cccnc1-c1ccc(C)s1. The van der Waals surface area contributed by atoms with Gasteiger partial charge < -0.3 is 10.1 Å². The number of pyridine rings is 1. The lowest BCUT2D eigenvalue weighted by Gasteiger charge is -2.11. The average Bonchev–Trinajstić information content (AvgIpc) is 3.07. The van der Waals surface area contributed by atoms with Gasteiger partial charge in [-0.2, -0.15) is 0 Å². The Morgan fingerprint density at radius 2 is 1.80 bits per heavy atom. The Kier molecular flexibility index (Phi) is 4.90. The number of thiophene rings is 1. The van der Waals surface area contributed by atoms with Crippen LogP contribution in [0.1, 0.15) is 25.6 Å². The Hall–Kier alpha value is -2.99. The third kappa shape index (κ3) is 3.59. The van der Waals surface area contributed by atoms with Crippen molar-refractivity contribution in [1.29, 1.82) is 0 Å². The molecule has 2 heterocycles. The number of carbonyl (C=O) groups excluding carboxylic acids is 2. The molecule has 0 aliphatic rings. The summed E-state index contributed by atoms with van der Waals surface area (Å²) in [6.45, 7) is 2.00. The van der Waals surface area contributed by atoms with E-state index >= 15 is 0 Å². The van der Waals surface area contributed by atoms with Crippen LogP contribution in [0.4, 0.5) is 5.69 Å². The van der Waals surface area contributed by atoms with E-state index in [1.807, 2.05) is 19.1 Å². The molecule has 1 N–H and O–H groups in total. The van der Waals surface area contributed by atoms with Gasteiger partial charge in [-0.15, -0.1) is 11.3 Å². The lowest BCUT2D eigenvalue weighted by atomic mass is 10.1. The van der Waals surface area contributed by atoms with Gasteiger partial charge in [0, 0.05) is 11.1 Å². The Labute approximate surface area is 149 Å². The van der Waals surface area contributed by atoms with Gasteiger partial charge in [0.15, 0.2) is 0 Å². The van der Waals surface area contributed by atoms with E-state index < -0.39 is 5.97 Å². The van der Waals surface area contributed by atoms with Crippen molar-refractivity contribution in [3.8, 4) is 10.6 Å². The molecule has 0 atom stereocenters. The topological polar surface area (TPSA) is 68.3 Å². The van der Waals surface area contributed by atoms with E-state index in [1.54, 1.807) is 53.9 Å². The second-order valence-corrected chi connectivity index (χ2v) is 6.59. The molecule has 0 saturated heterocycles. The third-order valence-corrected chi connectivity index (χ3v) is 4.61. The maximum absolute atomic E-state index is 12.8. The van der Waals surface area contributed by atoms with E-state index in [-0.39, 0.29) is 5.91 Å². The second-order valence-electron chi connectivity index (χ2n) is 5.30. The molecule has 0 saturated carbocycles. The van der Waals surface area contributed by atoms with Gasteiger partial charge in [-0.3, -0.25) is 9.78 Å². The second kappa shape index (κ2) is 7.27. The Morgan fingerprint density at radius 1 is 1.04 bits per heavy atom. The van der Waals surface area contributed by atoms with Crippen LogP contribution in [0.3, 0.4) is 0 Å².